The fraction of sp³-hybridized carbons (Fsp3) is 0.520. The van der Waals surface area contributed by atoms with Gasteiger partial charge in [0.25, 0.3) is 0 Å². The Labute approximate surface area is 205 Å². The van der Waals surface area contributed by atoms with Gasteiger partial charge in [0, 0.05) is 44.0 Å². The molecular formula is C25H33ClN2O6. The highest BCUT2D eigenvalue weighted by Crippen LogP contribution is 2.42. The third-order valence-electron chi connectivity index (χ3n) is 5.31. The molecule has 1 aromatic carbocycles. The van der Waals surface area contributed by atoms with Crippen molar-refractivity contribution in [3.8, 4) is 22.8 Å². The minimum absolute atomic E-state index is 0.0907. The summed E-state index contributed by atoms with van der Waals surface area (Å²) in [6.45, 7) is 10.9. The average molecular weight is 493 g/mol. The number of carbonyl (C=O) groups excluding carboxylic acids is 1. The van der Waals surface area contributed by atoms with Crippen molar-refractivity contribution in [1.82, 2.24) is 4.57 Å². The largest absolute Gasteiger partial charge is 0.492 e. The number of carbonyl (C=O) groups is 1. The third-order valence-corrected chi connectivity index (χ3v) is 5.61. The minimum atomic E-state index is -0.685. The summed E-state index contributed by atoms with van der Waals surface area (Å²) in [5.74, 6) is 1.28. The summed E-state index contributed by atoms with van der Waals surface area (Å²) in [6, 6.07) is 4.91. The molecule has 0 radical (unpaired) electrons. The Morgan fingerprint density at radius 1 is 1.26 bits per heavy atom. The van der Waals surface area contributed by atoms with Crippen LogP contribution in [0.15, 0.2) is 29.2 Å². The number of nitrogens with one attached hydrogen (secondary N) is 1. The first-order valence-corrected chi connectivity index (χ1v) is 11.7. The van der Waals surface area contributed by atoms with E-state index in [1.807, 2.05) is 4.57 Å². The number of fused-ring (bicyclic) bond motifs is 3. The summed E-state index contributed by atoms with van der Waals surface area (Å²) in [7, 11) is 1.64. The molecule has 1 aliphatic heterocycles. The fourth-order valence-corrected chi connectivity index (χ4v) is 3.89. The van der Waals surface area contributed by atoms with Gasteiger partial charge in [-0.15, -0.1) is 0 Å². The highest BCUT2D eigenvalue weighted by molar-refractivity contribution is 6.32. The number of anilines is 1. The van der Waals surface area contributed by atoms with E-state index in [2.05, 4.69) is 19.2 Å². The van der Waals surface area contributed by atoms with Gasteiger partial charge in [-0.2, -0.15) is 0 Å². The molecule has 1 amide bonds. The summed E-state index contributed by atoms with van der Waals surface area (Å²) in [5.41, 5.74) is 0.441. The number of benzene rings is 1. The highest BCUT2D eigenvalue weighted by Gasteiger charge is 2.27. The maximum absolute atomic E-state index is 13.0. The molecule has 0 aliphatic carbocycles. The maximum Gasteiger partial charge on any atom is 0.412 e. The normalized spacial score (nSPS) is 15.1. The summed E-state index contributed by atoms with van der Waals surface area (Å²) in [6.07, 6.45) is 1.69. The van der Waals surface area contributed by atoms with Gasteiger partial charge >= 0.3 is 6.09 Å². The van der Waals surface area contributed by atoms with Gasteiger partial charge in [0.15, 0.2) is 0 Å². The van der Waals surface area contributed by atoms with Crippen LogP contribution in [0.5, 0.6) is 11.5 Å². The predicted octanol–water partition coefficient (Wildman–Crippen LogP) is 5.52. The van der Waals surface area contributed by atoms with Crippen LogP contribution in [-0.4, -0.2) is 43.2 Å². The molecule has 34 heavy (non-hydrogen) atoms. The number of pyridine rings is 1. The summed E-state index contributed by atoms with van der Waals surface area (Å²) in [4.78, 5) is 25.2. The first-order chi connectivity index (χ1) is 16.0. The van der Waals surface area contributed by atoms with Crippen molar-refractivity contribution in [3.63, 3.8) is 0 Å². The summed E-state index contributed by atoms with van der Waals surface area (Å²) >= 11 is 6.52. The van der Waals surface area contributed by atoms with Crippen molar-refractivity contribution in [2.24, 2.45) is 5.92 Å². The number of methoxy groups -OCH3 is 1. The number of amides is 1. The predicted molar refractivity (Wildman–Crippen MR) is 132 cm³/mol. The van der Waals surface area contributed by atoms with Crippen molar-refractivity contribution in [2.75, 3.05) is 32.2 Å². The SMILES string of the molecule is COCCCOc1cc2c(cc1Cl)-c1cc(=O)c(NC(=O)OC(C)(C)C)cn1[C@H](C(C)C)CO2. The maximum atomic E-state index is 13.0. The molecular weight excluding hydrogens is 460 g/mol. The van der Waals surface area contributed by atoms with Crippen molar-refractivity contribution in [1.29, 1.82) is 0 Å². The Balaban J connectivity index is 2.01. The van der Waals surface area contributed by atoms with Gasteiger partial charge in [0.05, 0.1) is 23.4 Å². The van der Waals surface area contributed by atoms with E-state index >= 15 is 0 Å². The molecule has 1 aliphatic rings. The zero-order valence-corrected chi connectivity index (χ0v) is 21.3. The molecule has 2 heterocycles. The second-order valence-electron chi connectivity index (χ2n) is 9.57. The number of hydrogen-bond acceptors (Lipinski definition) is 6. The van der Waals surface area contributed by atoms with Gasteiger partial charge in [-0.05, 0) is 32.8 Å². The van der Waals surface area contributed by atoms with Gasteiger partial charge in [-0.1, -0.05) is 25.4 Å². The number of halogens is 1. The number of hydrogen-bond donors (Lipinski definition) is 1. The van der Waals surface area contributed by atoms with E-state index in [0.29, 0.717) is 47.6 Å². The van der Waals surface area contributed by atoms with Gasteiger partial charge < -0.3 is 23.5 Å². The molecule has 1 N–H and O–H groups in total. The molecule has 0 unspecified atom stereocenters. The summed E-state index contributed by atoms with van der Waals surface area (Å²) in [5, 5.41) is 3.00. The van der Waals surface area contributed by atoms with E-state index < -0.39 is 11.7 Å². The quantitative estimate of drug-likeness (QED) is 0.512. The highest BCUT2D eigenvalue weighted by atomic mass is 35.5. The lowest BCUT2D eigenvalue weighted by molar-refractivity contribution is 0.0635. The lowest BCUT2D eigenvalue weighted by Crippen LogP contribution is -2.30. The van der Waals surface area contributed by atoms with Crippen molar-refractivity contribution < 1.29 is 23.7 Å². The Morgan fingerprint density at radius 3 is 2.65 bits per heavy atom. The number of ether oxygens (including phenoxy) is 4. The number of nitrogens with zero attached hydrogens (tertiary/aromatic N) is 1. The summed E-state index contributed by atoms with van der Waals surface area (Å²) < 4.78 is 24.3. The van der Waals surface area contributed by atoms with E-state index in [1.54, 1.807) is 46.2 Å². The van der Waals surface area contributed by atoms with Crippen LogP contribution in [0.1, 0.15) is 47.1 Å². The van der Waals surface area contributed by atoms with Crippen LogP contribution in [0.2, 0.25) is 5.02 Å². The van der Waals surface area contributed by atoms with Crippen LogP contribution in [0, 0.1) is 5.92 Å². The van der Waals surface area contributed by atoms with E-state index in [4.69, 9.17) is 30.5 Å². The molecule has 0 fully saturated rings. The second-order valence-corrected chi connectivity index (χ2v) is 9.97. The fourth-order valence-electron chi connectivity index (χ4n) is 3.67. The average Bonchev–Trinajstić information content (AvgIpc) is 2.87. The molecule has 3 rings (SSSR count). The number of aromatic nitrogens is 1. The first kappa shape index (κ1) is 25.9. The molecule has 2 aromatic rings. The molecule has 0 bridgehead atoms. The number of rotatable bonds is 7. The molecule has 1 atom stereocenters. The second kappa shape index (κ2) is 10.7. The molecule has 9 heteroatoms. The van der Waals surface area contributed by atoms with Crippen LogP contribution in [-0.2, 0) is 9.47 Å². The lowest BCUT2D eigenvalue weighted by Gasteiger charge is -2.25. The first-order valence-electron chi connectivity index (χ1n) is 11.3. The van der Waals surface area contributed by atoms with Gasteiger partial charge in [-0.3, -0.25) is 10.1 Å². The molecule has 1 aromatic heterocycles. The Bertz CT molecular complexity index is 1090. The van der Waals surface area contributed by atoms with Crippen LogP contribution < -0.4 is 20.2 Å². The Hall–Kier alpha value is -2.71. The topological polar surface area (TPSA) is 88.0 Å². The smallest absolute Gasteiger partial charge is 0.412 e. The van der Waals surface area contributed by atoms with Crippen LogP contribution in [0.4, 0.5) is 10.5 Å². The minimum Gasteiger partial charge on any atom is -0.492 e. The van der Waals surface area contributed by atoms with E-state index in [9.17, 15) is 9.59 Å². The van der Waals surface area contributed by atoms with Gasteiger partial charge in [-0.25, -0.2) is 4.79 Å². The van der Waals surface area contributed by atoms with Gasteiger partial charge in [0.1, 0.15) is 29.4 Å². The zero-order chi connectivity index (χ0) is 25.0. The van der Waals surface area contributed by atoms with Crippen molar-refractivity contribution in [2.45, 2.75) is 52.7 Å². The van der Waals surface area contributed by atoms with E-state index in [1.165, 1.54) is 6.07 Å². The Morgan fingerprint density at radius 2 is 2.00 bits per heavy atom. The molecule has 0 saturated heterocycles. The molecule has 0 saturated carbocycles. The molecule has 186 valence electrons. The third kappa shape index (κ3) is 6.24. The van der Waals surface area contributed by atoms with E-state index in [0.717, 1.165) is 6.42 Å². The van der Waals surface area contributed by atoms with Crippen LogP contribution in [0.25, 0.3) is 11.3 Å². The van der Waals surface area contributed by atoms with Crippen molar-refractivity contribution >= 4 is 23.4 Å². The van der Waals surface area contributed by atoms with E-state index in [-0.39, 0.29) is 23.1 Å². The zero-order valence-electron chi connectivity index (χ0n) is 20.6. The van der Waals surface area contributed by atoms with Crippen molar-refractivity contribution in [3.05, 3.63) is 39.6 Å². The standard InChI is InChI=1S/C25H33ClN2O6/c1-15(2)20-14-33-22-12-23(32-9-7-8-31-6)17(26)10-16(22)19-11-21(29)18(13-28(19)20)27-24(30)34-25(3,4)5/h10-13,15,20H,7-9,14H2,1-6H3,(H,27,30)/t20-/m0/s1. The van der Waals surface area contributed by atoms with Crippen LogP contribution >= 0.6 is 11.6 Å². The molecule has 0 spiro atoms. The van der Waals surface area contributed by atoms with Gasteiger partial charge in [0.2, 0.25) is 5.43 Å². The lowest BCUT2D eigenvalue weighted by atomic mass is 10.0. The molecule has 8 nitrogen and oxygen atoms in total. The van der Waals surface area contributed by atoms with Crippen LogP contribution in [0.3, 0.4) is 0 Å². The Kier molecular flexibility index (Phi) is 8.15. The monoisotopic (exact) mass is 492 g/mol.